The summed E-state index contributed by atoms with van der Waals surface area (Å²) < 4.78 is 11.9. The Balaban J connectivity index is 1.28. The number of amides is 1. The minimum atomic E-state index is 0.0149. The zero-order chi connectivity index (χ0) is 23.8. The van der Waals surface area contributed by atoms with Crippen molar-refractivity contribution < 1.29 is 14.3 Å². The average molecular weight is 462 g/mol. The van der Waals surface area contributed by atoms with Crippen LogP contribution in [-0.4, -0.2) is 47.1 Å². The van der Waals surface area contributed by atoms with E-state index in [1.807, 2.05) is 11.0 Å². The number of aryl methyl sites for hydroxylation is 1. The molecule has 0 bridgehead atoms. The first-order chi connectivity index (χ1) is 16.6. The quantitative estimate of drug-likeness (QED) is 0.445. The Labute approximate surface area is 202 Å². The van der Waals surface area contributed by atoms with Gasteiger partial charge >= 0.3 is 0 Å². The maximum Gasteiger partial charge on any atom is 0.274 e. The minimum absolute atomic E-state index is 0.0149. The topological polar surface area (TPSA) is 67.5 Å². The van der Waals surface area contributed by atoms with E-state index in [4.69, 9.17) is 9.47 Å². The first-order valence-electron chi connectivity index (χ1n) is 12.3. The molecule has 1 atom stereocenters. The van der Waals surface area contributed by atoms with Crippen molar-refractivity contribution in [3.63, 3.8) is 0 Å². The lowest BCUT2D eigenvalue weighted by molar-refractivity contribution is 0.0685. The van der Waals surface area contributed by atoms with Crippen molar-refractivity contribution in [1.29, 1.82) is 0 Å². The lowest BCUT2D eigenvalue weighted by atomic mass is 9.90. The molecule has 1 saturated heterocycles. The first-order valence-corrected chi connectivity index (χ1v) is 12.3. The van der Waals surface area contributed by atoms with Crippen LogP contribution in [-0.2, 0) is 12.8 Å². The van der Waals surface area contributed by atoms with Gasteiger partial charge in [0, 0.05) is 19.3 Å². The highest BCUT2D eigenvalue weighted by Crippen LogP contribution is 2.32. The van der Waals surface area contributed by atoms with Gasteiger partial charge in [-0.3, -0.25) is 4.79 Å². The Bertz CT molecular complexity index is 1030. The molecule has 1 N–H and O–H groups in total. The van der Waals surface area contributed by atoms with Crippen LogP contribution >= 0.6 is 0 Å². The lowest BCUT2D eigenvalue weighted by Crippen LogP contribution is -2.39. The Kier molecular flexibility index (Phi) is 8.23. The number of imidazole rings is 1. The highest BCUT2D eigenvalue weighted by molar-refractivity contribution is 5.92. The van der Waals surface area contributed by atoms with E-state index in [0.29, 0.717) is 11.6 Å². The summed E-state index contributed by atoms with van der Waals surface area (Å²) in [4.78, 5) is 21.4. The maximum absolute atomic E-state index is 12.5. The number of H-pyrrole nitrogens is 1. The van der Waals surface area contributed by atoms with E-state index in [9.17, 15) is 4.79 Å². The van der Waals surface area contributed by atoms with Crippen LogP contribution in [0.15, 0.2) is 61.1 Å². The molecule has 1 aliphatic rings. The number of hydrogen-bond donors (Lipinski definition) is 1. The van der Waals surface area contributed by atoms with Crippen LogP contribution in [0.25, 0.3) is 0 Å². The summed E-state index contributed by atoms with van der Waals surface area (Å²) in [6, 6.07) is 16.9. The average Bonchev–Trinajstić information content (AvgIpc) is 3.40. The Morgan fingerprint density at radius 2 is 1.91 bits per heavy atom. The third kappa shape index (κ3) is 6.40. The van der Waals surface area contributed by atoms with Gasteiger partial charge in [-0.05, 0) is 74.6 Å². The molecule has 2 aromatic carbocycles. The molecule has 0 saturated carbocycles. The number of carbonyl (C=O) groups is 1. The second kappa shape index (κ2) is 11.7. The van der Waals surface area contributed by atoms with Crippen molar-refractivity contribution in [2.24, 2.45) is 5.92 Å². The van der Waals surface area contributed by atoms with E-state index in [0.717, 1.165) is 63.1 Å². The van der Waals surface area contributed by atoms with E-state index in [1.54, 1.807) is 19.6 Å². The fourth-order valence-electron chi connectivity index (χ4n) is 4.67. The van der Waals surface area contributed by atoms with Crippen LogP contribution in [0.3, 0.4) is 0 Å². The molecule has 3 aromatic rings. The Hall–Kier alpha value is -3.28. The molecular weight excluding hydrogens is 426 g/mol. The number of rotatable bonds is 10. The van der Waals surface area contributed by atoms with Crippen LogP contribution in [0, 0.1) is 5.92 Å². The molecule has 1 aliphatic heterocycles. The number of aromatic nitrogens is 2. The second-order valence-corrected chi connectivity index (χ2v) is 9.19. The van der Waals surface area contributed by atoms with Gasteiger partial charge < -0.3 is 19.4 Å². The third-order valence-corrected chi connectivity index (χ3v) is 6.62. The predicted molar refractivity (Wildman–Crippen MR) is 133 cm³/mol. The Morgan fingerprint density at radius 3 is 2.62 bits per heavy atom. The summed E-state index contributed by atoms with van der Waals surface area (Å²) in [5, 5.41) is 0. The highest BCUT2D eigenvalue weighted by atomic mass is 16.5. The van der Waals surface area contributed by atoms with Gasteiger partial charge in [0.1, 0.15) is 5.69 Å². The van der Waals surface area contributed by atoms with Crippen molar-refractivity contribution in [2.45, 2.75) is 51.6 Å². The standard InChI is InChI=1S/C28H35N3O3/c1-21(7-6-10-22-8-4-3-5-9-22)34-27-18-24(11-12-26(27)33-2)17-23-13-15-31(16-14-23)28(32)25-19-29-20-30-25/h3-5,8-9,11-12,18-21,23H,6-7,10,13-17H2,1-2H3,(H,29,30). The zero-order valence-corrected chi connectivity index (χ0v) is 20.2. The van der Waals surface area contributed by atoms with Gasteiger partial charge in [0.15, 0.2) is 11.5 Å². The molecule has 0 aliphatic carbocycles. The number of benzene rings is 2. The maximum atomic E-state index is 12.5. The molecule has 0 spiro atoms. The molecule has 6 heteroatoms. The molecule has 2 heterocycles. The van der Waals surface area contributed by atoms with E-state index in [1.165, 1.54) is 11.1 Å². The molecule has 1 fully saturated rings. The second-order valence-electron chi connectivity index (χ2n) is 9.19. The minimum Gasteiger partial charge on any atom is -0.493 e. The number of methoxy groups -OCH3 is 1. The van der Waals surface area contributed by atoms with Gasteiger partial charge in [-0.1, -0.05) is 36.4 Å². The molecule has 0 radical (unpaired) electrons. The lowest BCUT2D eigenvalue weighted by Gasteiger charge is -2.31. The number of nitrogens with zero attached hydrogens (tertiary/aromatic N) is 2. The first kappa shape index (κ1) is 23.9. The van der Waals surface area contributed by atoms with Gasteiger partial charge in [0.05, 0.1) is 19.5 Å². The fraction of sp³-hybridized carbons (Fsp3) is 0.429. The molecule has 4 rings (SSSR count). The molecule has 1 amide bonds. The van der Waals surface area contributed by atoms with Crippen molar-refractivity contribution >= 4 is 5.91 Å². The highest BCUT2D eigenvalue weighted by Gasteiger charge is 2.25. The third-order valence-electron chi connectivity index (χ3n) is 6.62. The van der Waals surface area contributed by atoms with Crippen molar-refractivity contribution in [3.05, 3.63) is 77.9 Å². The SMILES string of the molecule is COc1ccc(CC2CCN(C(=O)c3c[nH]cn3)CC2)cc1OC(C)CCCc1ccccc1. The van der Waals surface area contributed by atoms with Gasteiger partial charge in [0.25, 0.3) is 5.91 Å². The summed E-state index contributed by atoms with van der Waals surface area (Å²) in [5.41, 5.74) is 3.11. The van der Waals surface area contributed by atoms with Crippen LogP contribution in [0.1, 0.15) is 54.2 Å². The number of likely N-dealkylation sites (tertiary alicyclic amines) is 1. The summed E-state index contributed by atoms with van der Waals surface area (Å²) in [7, 11) is 1.69. The predicted octanol–water partition coefficient (Wildman–Crippen LogP) is 5.30. The number of hydrogen-bond acceptors (Lipinski definition) is 4. The normalized spacial score (nSPS) is 15.2. The van der Waals surface area contributed by atoms with Gasteiger partial charge in [0.2, 0.25) is 0 Å². The molecule has 1 unspecified atom stereocenters. The number of nitrogens with one attached hydrogen (secondary N) is 1. The van der Waals surface area contributed by atoms with Gasteiger partial charge in [-0.2, -0.15) is 0 Å². The van der Waals surface area contributed by atoms with Crippen LogP contribution in [0.5, 0.6) is 11.5 Å². The van der Waals surface area contributed by atoms with Crippen LogP contribution in [0.4, 0.5) is 0 Å². The smallest absolute Gasteiger partial charge is 0.274 e. The van der Waals surface area contributed by atoms with Crippen molar-refractivity contribution in [1.82, 2.24) is 14.9 Å². The summed E-state index contributed by atoms with van der Waals surface area (Å²) in [6.07, 6.45) is 9.43. The summed E-state index contributed by atoms with van der Waals surface area (Å²) >= 11 is 0. The summed E-state index contributed by atoms with van der Waals surface area (Å²) in [5.74, 6) is 2.16. The van der Waals surface area contributed by atoms with Crippen molar-refractivity contribution in [3.8, 4) is 11.5 Å². The van der Waals surface area contributed by atoms with Gasteiger partial charge in [-0.25, -0.2) is 4.98 Å². The summed E-state index contributed by atoms with van der Waals surface area (Å²) in [6.45, 7) is 3.67. The van der Waals surface area contributed by atoms with E-state index in [-0.39, 0.29) is 12.0 Å². The fourth-order valence-corrected chi connectivity index (χ4v) is 4.67. The number of ether oxygens (including phenoxy) is 2. The number of aromatic amines is 1. The number of carbonyl (C=O) groups excluding carboxylic acids is 1. The molecule has 180 valence electrons. The molecule has 6 nitrogen and oxygen atoms in total. The van der Waals surface area contributed by atoms with E-state index in [2.05, 4.69) is 59.4 Å². The van der Waals surface area contributed by atoms with E-state index >= 15 is 0 Å². The van der Waals surface area contributed by atoms with Crippen molar-refractivity contribution in [2.75, 3.05) is 20.2 Å². The van der Waals surface area contributed by atoms with E-state index < -0.39 is 0 Å². The Morgan fingerprint density at radius 1 is 1.12 bits per heavy atom. The largest absolute Gasteiger partial charge is 0.493 e. The van der Waals surface area contributed by atoms with Crippen LogP contribution in [0.2, 0.25) is 0 Å². The molecular formula is C28H35N3O3. The molecule has 34 heavy (non-hydrogen) atoms. The van der Waals surface area contributed by atoms with Gasteiger partial charge in [-0.15, -0.1) is 0 Å². The zero-order valence-electron chi connectivity index (χ0n) is 20.2. The number of piperidine rings is 1. The monoisotopic (exact) mass is 461 g/mol. The van der Waals surface area contributed by atoms with Crippen LogP contribution < -0.4 is 9.47 Å². The molecule has 1 aromatic heterocycles.